The molecule has 1 N–H and O–H groups in total. The van der Waals surface area contributed by atoms with Crippen molar-refractivity contribution < 1.29 is 5.11 Å². The van der Waals surface area contributed by atoms with Gasteiger partial charge in [0.25, 0.3) is 0 Å². The van der Waals surface area contributed by atoms with Gasteiger partial charge in [-0.15, -0.1) is 0 Å². The Hall–Kier alpha value is -1.97. The standard InChI is InChI=1S/C22H26N2O/c25-22(21-8-4-5-15-23-21)13-9-20(10-14-22)24-16-11-19(12-17-24)18-6-2-1-3-7-18/h1-8,11,15,20,25H,9-10,12-14,16-17H2/t20-,22-. The Morgan fingerprint density at radius 3 is 2.40 bits per heavy atom. The molecule has 1 fully saturated rings. The van der Waals surface area contributed by atoms with Gasteiger partial charge in [0, 0.05) is 25.3 Å². The zero-order valence-corrected chi connectivity index (χ0v) is 14.6. The number of benzene rings is 1. The Labute approximate surface area is 150 Å². The summed E-state index contributed by atoms with van der Waals surface area (Å²) < 4.78 is 0. The van der Waals surface area contributed by atoms with E-state index in [2.05, 4.69) is 46.3 Å². The quantitative estimate of drug-likeness (QED) is 0.921. The Morgan fingerprint density at radius 1 is 1.00 bits per heavy atom. The SMILES string of the molecule is O[C@]1(c2ccccn2)CC[C@@H](N2CC=C(c3ccccc3)CC2)CC1. The molecule has 25 heavy (non-hydrogen) atoms. The normalized spacial score (nSPS) is 27.7. The summed E-state index contributed by atoms with van der Waals surface area (Å²) in [6, 6.07) is 17.1. The third kappa shape index (κ3) is 3.53. The second-order valence-corrected chi connectivity index (χ2v) is 7.32. The van der Waals surface area contributed by atoms with E-state index in [1.807, 2.05) is 18.2 Å². The zero-order chi connectivity index (χ0) is 17.1. The van der Waals surface area contributed by atoms with Gasteiger partial charge < -0.3 is 5.11 Å². The number of aliphatic hydroxyl groups is 1. The Morgan fingerprint density at radius 2 is 1.76 bits per heavy atom. The molecule has 0 bridgehead atoms. The lowest BCUT2D eigenvalue weighted by molar-refractivity contribution is -0.0271. The predicted molar refractivity (Wildman–Crippen MR) is 101 cm³/mol. The van der Waals surface area contributed by atoms with Gasteiger partial charge in [-0.05, 0) is 55.4 Å². The van der Waals surface area contributed by atoms with Gasteiger partial charge in [0.05, 0.1) is 5.69 Å². The topological polar surface area (TPSA) is 36.4 Å². The maximum absolute atomic E-state index is 11.0. The van der Waals surface area contributed by atoms with E-state index in [4.69, 9.17) is 0 Å². The molecule has 3 heteroatoms. The Balaban J connectivity index is 1.37. The van der Waals surface area contributed by atoms with Crippen molar-refractivity contribution in [2.75, 3.05) is 13.1 Å². The summed E-state index contributed by atoms with van der Waals surface area (Å²) in [5.74, 6) is 0. The zero-order valence-electron chi connectivity index (χ0n) is 14.6. The molecule has 0 atom stereocenters. The van der Waals surface area contributed by atoms with Gasteiger partial charge >= 0.3 is 0 Å². The first-order chi connectivity index (χ1) is 12.2. The van der Waals surface area contributed by atoms with Gasteiger partial charge in [0.2, 0.25) is 0 Å². The number of hydrogen-bond acceptors (Lipinski definition) is 3. The first-order valence-corrected chi connectivity index (χ1v) is 9.37. The molecule has 1 aliphatic carbocycles. The third-order valence-electron chi connectivity index (χ3n) is 5.83. The fraction of sp³-hybridized carbons (Fsp3) is 0.409. The molecule has 4 rings (SSSR count). The molecule has 1 saturated carbocycles. The Bertz CT molecular complexity index is 718. The van der Waals surface area contributed by atoms with Crippen LogP contribution in [0.2, 0.25) is 0 Å². The molecule has 0 spiro atoms. The van der Waals surface area contributed by atoms with Crippen molar-refractivity contribution in [3.05, 3.63) is 72.1 Å². The van der Waals surface area contributed by atoms with Crippen LogP contribution in [0.4, 0.5) is 0 Å². The van der Waals surface area contributed by atoms with Crippen LogP contribution >= 0.6 is 0 Å². The summed E-state index contributed by atoms with van der Waals surface area (Å²) in [5, 5.41) is 11.0. The molecule has 2 heterocycles. The summed E-state index contributed by atoms with van der Waals surface area (Å²) in [7, 11) is 0. The van der Waals surface area contributed by atoms with Crippen LogP contribution < -0.4 is 0 Å². The lowest BCUT2D eigenvalue weighted by atomic mass is 9.79. The second kappa shape index (κ2) is 7.11. The van der Waals surface area contributed by atoms with Crippen LogP contribution in [-0.2, 0) is 5.60 Å². The molecule has 0 amide bonds. The molecule has 2 aliphatic rings. The van der Waals surface area contributed by atoms with Crippen molar-refractivity contribution in [1.29, 1.82) is 0 Å². The number of aromatic nitrogens is 1. The van der Waals surface area contributed by atoms with Crippen molar-refractivity contribution in [3.63, 3.8) is 0 Å². The van der Waals surface area contributed by atoms with E-state index in [1.165, 1.54) is 11.1 Å². The predicted octanol–water partition coefficient (Wildman–Crippen LogP) is 4.00. The molecule has 1 aromatic heterocycles. The lowest BCUT2D eigenvalue weighted by Gasteiger charge is -2.41. The molecule has 2 aromatic rings. The highest BCUT2D eigenvalue weighted by Gasteiger charge is 2.37. The molecule has 1 aromatic carbocycles. The number of rotatable bonds is 3. The van der Waals surface area contributed by atoms with Crippen LogP contribution in [0.25, 0.3) is 5.57 Å². The molecule has 0 radical (unpaired) electrons. The van der Waals surface area contributed by atoms with Crippen molar-refractivity contribution >= 4 is 5.57 Å². The van der Waals surface area contributed by atoms with Gasteiger partial charge in [-0.1, -0.05) is 42.5 Å². The summed E-state index contributed by atoms with van der Waals surface area (Å²) in [6.45, 7) is 2.14. The minimum Gasteiger partial charge on any atom is -0.384 e. The number of pyridine rings is 1. The summed E-state index contributed by atoms with van der Waals surface area (Å²) in [4.78, 5) is 6.97. The summed E-state index contributed by atoms with van der Waals surface area (Å²) in [6.07, 6.45) is 8.98. The van der Waals surface area contributed by atoms with E-state index < -0.39 is 5.60 Å². The van der Waals surface area contributed by atoms with Crippen LogP contribution in [0.15, 0.2) is 60.8 Å². The van der Waals surface area contributed by atoms with Crippen molar-refractivity contribution in [2.45, 2.75) is 43.7 Å². The number of hydrogen-bond donors (Lipinski definition) is 1. The first kappa shape index (κ1) is 16.5. The highest BCUT2D eigenvalue weighted by Crippen LogP contribution is 2.38. The van der Waals surface area contributed by atoms with Crippen LogP contribution in [0.5, 0.6) is 0 Å². The minimum absolute atomic E-state index is 0.581. The average Bonchev–Trinajstić information content (AvgIpc) is 2.70. The highest BCUT2D eigenvalue weighted by molar-refractivity contribution is 5.66. The molecule has 0 unspecified atom stereocenters. The molecular weight excluding hydrogens is 308 g/mol. The summed E-state index contributed by atoms with van der Waals surface area (Å²) in [5.41, 5.74) is 2.92. The van der Waals surface area contributed by atoms with Crippen molar-refractivity contribution in [1.82, 2.24) is 9.88 Å². The average molecular weight is 334 g/mol. The van der Waals surface area contributed by atoms with E-state index in [0.29, 0.717) is 6.04 Å². The van der Waals surface area contributed by atoms with Crippen molar-refractivity contribution in [3.8, 4) is 0 Å². The van der Waals surface area contributed by atoms with Gasteiger partial charge in [-0.2, -0.15) is 0 Å². The largest absolute Gasteiger partial charge is 0.384 e. The van der Waals surface area contributed by atoms with Crippen LogP contribution in [-0.4, -0.2) is 34.1 Å². The van der Waals surface area contributed by atoms with Crippen LogP contribution in [0.1, 0.15) is 43.4 Å². The fourth-order valence-corrected chi connectivity index (χ4v) is 4.27. The molecule has 130 valence electrons. The van der Waals surface area contributed by atoms with E-state index >= 15 is 0 Å². The molecular formula is C22H26N2O. The number of nitrogens with zero attached hydrogens (tertiary/aromatic N) is 2. The smallest absolute Gasteiger partial charge is 0.107 e. The molecule has 0 saturated heterocycles. The maximum atomic E-state index is 11.0. The van der Waals surface area contributed by atoms with Gasteiger partial charge in [0.15, 0.2) is 0 Å². The Kier molecular flexibility index (Phi) is 4.69. The maximum Gasteiger partial charge on any atom is 0.107 e. The monoisotopic (exact) mass is 334 g/mol. The second-order valence-electron chi connectivity index (χ2n) is 7.32. The molecule has 3 nitrogen and oxygen atoms in total. The van der Waals surface area contributed by atoms with Crippen LogP contribution in [0, 0.1) is 0 Å². The van der Waals surface area contributed by atoms with E-state index in [9.17, 15) is 5.11 Å². The third-order valence-corrected chi connectivity index (χ3v) is 5.83. The van der Waals surface area contributed by atoms with E-state index in [-0.39, 0.29) is 0 Å². The van der Waals surface area contributed by atoms with Gasteiger partial charge in [-0.3, -0.25) is 9.88 Å². The van der Waals surface area contributed by atoms with E-state index in [1.54, 1.807) is 6.20 Å². The fourth-order valence-electron chi connectivity index (χ4n) is 4.27. The van der Waals surface area contributed by atoms with Crippen LogP contribution in [0.3, 0.4) is 0 Å². The van der Waals surface area contributed by atoms with Gasteiger partial charge in [0.1, 0.15) is 5.60 Å². The summed E-state index contributed by atoms with van der Waals surface area (Å²) >= 11 is 0. The lowest BCUT2D eigenvalue weighted by Crippen LogP contribution is -2.44. The van der Waals surface area contributed by atoms with E-state index in [0.717, 1.165) is 50.9 Å². The van der Waals surface area contributed by atoms with Gasteiger partial charge in [-0.25, -0.2) is 0 Å². The highest BCUT2D eigenvalue weighted by atomic mass is 16.3. The first-order valence-electron chi connectivity index (χ1n) is 9.37. The minimum atomic E-state index is -0.738. The van der Waals surface area contributed by atoms with Crippen molar-refractivity contribution in [2.24, 2.45) is 0 Å². The molecule has 1 aliphatic heterocycles.